The third-order valence-corrected chi connectivity index (χ3v) is 6.18. The highest BCUT2D eigenvalue weighted by Gasteiger charge is 2.26. The maximum Gasteiger partial charge on any atom is 0.324 e. The molecule has 196 valence electrons. The minimum absolute atomic E-state index is 0.138. The monoisotopic (exact) mass is 511 g/mol. The number of aryl methyl sites for hydroxylation is 1. The van der Waals surface area contributed by atoms with E-state index in [1.165, 1.54) is 6.07 Å². The van der Waals surface area contributed by atoms with Crippen LogP contribution in [0.3, 0.4) is 0 Å². The van der Waals surface area contributed by atoms with Crippen molar-refractivity contribution in [3.05, 3.63) is 71.4 Å². The van der Waals surface area contributed by atoms with Crippen molar-refractivity contribution in [2.75, 3.05) is 23.7 Å². The number of halogens is 2. The largest absolute Gasteiger partial charge is 0.490 e. The zero-order chi connectivity index (χ0) is 26.7. The van der Waals surface area contributed by atoms with Gasteiger partial charge in [0.25, 0.3) is 5.91 Å². The summed E-state index contributed by atoms with van der Waals surface area (Å²) in [7, 11) is 1.77. The molecule has 2 heterocycles. The van der Waals surface area contributed by atoms with Crippen LogP contribution in [0.1, 0.15) is 49.7 Å². The van der Waals surface area contributed by atoms with E-state index in [9.17, 15) is 18.4 Å². The molecule has 2 aromatic carbocycles. The van der Waals surface area contributed by atoms with E-state index in [0.717, 1.165) is 11.8 Å². The van der Waals surface area contributed by atoms with Crippen LogP contribution in [0.15, 0.2) is 48.5 Å². The summed E-state index contributed by atoms with van der Waals surface area (Å²) in [6, 6.07) is 11.5. The number of likely N-dealkylation sites (tertiary alicyclic amines) is 1. The maximum atomic E-state index is 14.0. The number of urea groups is 1. The van der Waals surface area contributed by atoms with Crippen molar-refractivity contribution in [3.63, 3.8) is 0 Å². The SMILES string of the molecule is Cn1nc(C(C)(C)C)cc1NC(=O)Nc1cccc(OC2CCN(C(=O)c3ccc(F)cc3F)CC2)c1. The summed E-state index contributed by atoms with van der Waals surface area (Å²) in [5.41, 5.74) is 1.16. The molecule has 0 saturated carbocycles. The summed E-state index contributed by atoms with van der Waals surface area (Å²) in [5, 5.41) is 10.1. The average Bonchev–Trinajstić information content (AvgIpc) is 3.20. The third-order valence-electron chi connectivity index (χ3n) is 6.18. The van der Waals surface area contributed by atoms with Gasteiger partial charge < -0.3 is 15.0 Å². The van der Waals surface area contributed by atoms with Crippen molar-refractivity contribution in [1.29, 1.82) is 0 Å². The fourth-order valence-corrected chi connectivity index (χ4v) is 4.08. The number of rotatable bonds is 5. The number of piperidine rings is 1. The second-order valence-corrected chi connectivity index (χ2v) is 10.1. The number of nitrogens with one attached hydrogen (secondary N) is 2. The second kappa shape index (κ2) is 10.6. The number of hydrogen-bond donors (Lipinski definition) is 2. The molecule has 0 bridgehead atoms. The lowest BCUT2D eigenvalue weighted by molar-refractivity contribution is 0.0591. The van der Waals surface area contributed by atoms with Crippen LogP contribution in [-0.4, -0.2) is 45.8 Å². The lowest BCUT2D eigenvalue weighted by Gasteiger charge is -2.32. The van der Waals surface area contributed by atoms with Gasteiger partial charge in [-0.15, -0.1) is 0 Å². The van der Waals surface area contributed by atoms with Crippen molar-refractivity contribution >= 4 is 23.4 Å². The summed E-state index contributed by atoms with van der Waals surface area (Å²) < 4.78 is 34.8. The fraction of sp³-hybridized carbons (Fsp3) is 0.370. The van der Waals surface area contributed by atoms with Crippen molar-refractivity contribution in [2.24, 2.45) is 7.05 Å². The molecule has 1 saturated heterocycles. The van der Waals surface area contributed by atoms with Gasteiger partial charge in [0.05, 0.1) is 11.3 Å². The number of carbonyl (C=O) groups excluding carboxylic acids is 2. The molecular weight excluding hydrogens is 480 g/mol. The van der Waals surface area contributed by atoms with E-state index < -0.39 is 23.6 Å². The van der Waals surface area contributed by atoms with E-state index in [4.69, 9.17) is 4.74 Å². The van der Waals surface area contributed by atoms with Gasteiger partial charge >= 0.3 is 6.03 Å². The summed E-state index contributed by atoms with van der Waals surface area (Å²) in [6.07, 6.45) is 0.975. The third kappa shape index (κ3) is 6.44. The topological polar surface area (TPSA) is 88.5 Å². The molecule has 3 aromatic rings. The van der Waals surface area contributed by atoms with Gasteiger partial charge in [0.15, 0.2) is 0 Å². The fourth-order valence-electron chi connectivity index (χ4n) is 4.08. The first-order chi connectivity index (χ1) is 17.5. The molecule has 1 aromatic heterocycles. The van der Waals surface area contributed by atoms with Crippen LogP contribution in [0.2, 0.25) is 0 Å². The summed E-state index contributed by atoms with van der Waals surface area (Å²) in [6.45, 7) is 6.94. The zero-order valence-corrected chi connectivity index (χ0v) is 21.3. The molecule has 4 rings (SSSR count). The van der Waals surface area contributed by atoms with Crippen molar-refractivity contribution in [3.8, 4) is 5.75 Å². The Morgan fingerprint density at radius 1 is 1.03 bits per heavy atom. The highest BCUT2D eigenvalue weighted by molar-refractivity contribution is 5.99. The Bertz CT molecular complexity index is 1290. The van der Waals surface area contributed by atoms with Gasteiger partial charge in [-0.1, -0.05) is 26.8 Å². The Morgan fingerprint density at radius 2 is 1.76 bits per heavy atom. The molecule has 0 unspecified atom stereocenters. The molecule has 8 nitrogen and oxygen atoms in total. The standard InChI is InChI=1S/C27H31F2N5O3/c1-27(2,3)23-16-24(33(4)32-23)31-26(36)30-18-6-5-7-20(15-18)37-19-10-12-34(13-11-19)25(35)21-9-8-17(28)14-22(21)29/h5-9,14-16,19H,10-13H2,1-4H3,(H2,30,31,36). The number of benzene rings is 2. The van der Waals surface area contributed by atoms with Gasteiger partial charge in [-0.3, -0.25) is 14.8 Å². The lowest BCUT2D eigenvalue weighted by atomic mass is 9.92. The van der Waals surface area contributed by atoms with E-state index in [1.807, 2.05) is 6.07 Å². The quantitative estimate of drug-likeness (QED) is 0.485. The molecule has 0 radical (unpaired) electrons. The number of ether oxygens (including phenoxy) is 1. The van der Waals surface area contributed by atoms with Crippen LogP contribution in [0, 0.1) is 11.6 Å². The first-order valence-corrected chi connectivity index (χ1v) is 12.1. The van der Waals surface area contributed by atoms with Crippen LogP contribution < -0.4 is 15.4 Å². The minimum Gasteiger partial charge on any atom is -0.490 e. The van der Waals surface area contributed by atoms with E-state index >= 15 is 0 Å². The Balaban J connectivity index is 1.30. The molecule has 0 atom stereocenters. The average molecular weight is 512 g/mol. The van der Waals surface area contributed by atoms with E-state index in [0.29, 0.717) is 49.3 Å². The summed E-state index contributed by atoms with van der Waals surface area (Å²) >= 11 is 0. The Labute approximate surface area is 214 Å². The molecule has 0 spiro atoms. The smallest absolute Gasteiger partial charge is 0.324 e. The molecule has 1 fully saturated rings. The molecule has 10 heteroatoms. The van der Waals surface area contributed by atoms with Gasteiger partial charge in [-0.05, 0) is 24.3 Å². The Morgan fingerprint density at radius 3 is 2.41 bits per heavy atom. The molecular formula is C27H31F2N5O3. The predicted molar refractivity (Wildman–Crippen MR) is 137 cm³/mol. The number of anilines is 2. The molecule has 37 heavy (non-hydrogen) atoms. The number of amides is 3. The van der Waals surface area contributed by atoms with E-state index in [1.54, 1.807) is 40.9 Å². The normalized spacial score (nSPS) is 14.4. The first-order valence-electron chi connectivity index (χ1n) is 12.1. The van der Waals surface area contributed by atoms with Crippen molar-refractivity contribution < 1.29 is 23.1 Å². The predicted octanol–water partition coefficient (Wildman–Crippen LogP) is 5.32. The van der Waals surface area contributed by atoms with Gasteiger partial charge in [-0.25, -0.2) is 13.6 Å². The second-order valence-electron chi connectivity index (χ2n) is 10.1. The van der Waals surface area contributed by atoms with E-state index in [2.05, 4.69) is 36.5 Å². The summed E-state index contributed by atoms with van der Waals surface area (Å²) in [5.74, 6) is -0.882. The molecule has 0 aliphatic carbocycles. The maximum absolute atomic E-state index is 14.0. The first kappa shape index (κ1) is 26.1. The minimum atomic E-state index is -0.866. The number of aromatic nitrogens is 2. The Hall–Kier alpha value is -3.95. The van der Waals surface area contributed by atoms with Crippen LogP contribution in [-0.2, 0) is 12.5 Å². The van der Waals surface area contributed by atoms with Crippen LogP contribution in [0.4, 0.5) is 25.1 Å². The number of carbonyl (C=O) groups is 2. The molecule has 1 aliphatic heterocycles. The van der Waals surface area contributed by atoms with Crippen LogP contribution in [0.25, 0.3) is 0 Å². The molecule has 1 aliphatic rings. The lowest BCUT2D eigenvalue weighted by Crippen LogP contribution is -2.42. The molecule has 2 N–H and O–H groups in total. The highest BCUT2D eigenvalue weighted by atomic mass is 19.1. The van der Waals surface area contributed by atoms with Gasteiger partial charge in [0, 0.05) is 62.3 Å². The van der Waals surface area contributed by atoms with Crippen molar-refractivity contribution in [1.82, 2.24) is 14.7 Å². The highest BCUT2D eigenvalue weighted by Crippen LogP contribution is 2.25. The van der Waals surface area contributed by atoms with Gasteiger partial charge in [-0.2, -0.15) is 5.10 Å². The van der Waals surface area contributed by atoms with E-state index in [-0.39, 0.29) is 17.1 Å². The van der Waals surface area contributed by atoms with Crippen LogP contribution >= 0.6 is 0 Å². The van der Waals surface area contributed by atoms with Gasteiger partial charge in [0.1, 0.15) is 29.3 Å². The Kier molecular flexibility index (Phi) is 7.47. The number of nitrogens with zero attached hydrogens (tertiary/aromatic N) is 3. The number of hydrogen-bond acceptors (Lipinski definition) is 4. The molecule has 3 amide bonds. The van der Waals surface area contributed by atoms with Gasteiger partial charge in [0.2, 0.25) is 0 Å². The van der Waals surface area contributed by atoms with Crippen molar-refractivity contribution in [2.45, 2.75) is 45.1 Å². The van der Waals surface area contributed by atoms with Crippen LogP contribution in [0.5, 0.6) is 5.75 Å². The zero-order valence-electron chi connectivity index (χ0n) is 21.3. The summed E-state index contributed by atoms with van der Waals surface area (Å²) in [4.78, 5) is 26.7.